The second kappa shape index (κ2) is 6.51. The number of halogens is 1. The van der Waals surface area contributed by atoms with E-state index in [9.17, 15) is 4.39 Å². The number of hydrogen-bond donors (Lipinski definition) is 0. The predicted molar refractivity (Wildman–Crippen MR) is 94.4 cm³/mol. The first kappa shape index (κ1) is 15.6. The molecule has 1 aromatic carbocycles. The van der Waals surface area contributed by atoms with Crippen LogP contribution in [0.3, 0.4) is 0 Å². The van der Waals surface area contributed by atoms with E-state index in [-0.39, 0.29) is 11.6 Å². The van der Waals surface area contributed by atoms with Gasteiger partial charge in [-0.2, -0.15) is 0 Å². The molecule has 25 heavy (non-hydrogen) atoms. The Bertz CT molecular complexity index is 913. The average Bonchev–Trinajstić information content (AvgIpc) is 2.63. The van der Waals surface area contributed by atoms with E-state index in [0.717, 1.165) is 35.6 Å². The topological polar surface area (TPSA) is 38.2 Å². The molecular weight excluding hydrogens is 317 g/mol. The molecule has 3 heterocycles. The van der Waals surface area contributed by atoms with E-state index in [2.05, 4.69) is 27.9 Å². The molecule has 0 amide bonds. The minimum absolute atomic E-state index is 0.206. The fraction of sp³-hybridized carbons (Fsp3) is 0.200. The van der Waals surface area contributed by atoms with Gasteiger partial charge in [-0.15, -0.1) is 0 Å². The minimum atomic E-state index is -0.383. The maximum absolute atomic E-state index is 13.8. The highest BCUT2D eigenvalue weighted by atomic mass is 19.1. The number of ether oxygens (including phenoxy) is 1. The van der Waals surface area contributed by atoms with Gasteiger partial charge in [-0.05, 0) is 42.3 Å². The van der Waals surface area contributed by atoms with Gasteiger partial charge in [0.05, 0.1) is 6.20 Å². The van der Waals surface area contributed by atoms with Crippen LogP contribution < -0.4 is 9.64 Å². The second-order valence-corrected chi connectivity index (χ2v) is 6.12. The lowest BCUT2D eigenvalue weighted by Crippen LogP contribution is -2.32. The number of pyridine rings is 2. The summed E-state index contributed by atoms with van der Waals surface area (Å²) in [5.74, 6) is 1.36. The van der Waals surface area contributed by atoms with E-state index in [0.29, 0.717) is 12.3 Å². The van der Waals surface area contributed by atoms with Crippen molar-refractivity contribution in [3.05, 3.63) is 77.5 Å². The molecule has 0 bridgehead atoms. The first-order chi connectivity index (χ1) is 12.2. The summed E-state index contributed by atoms with van der Waals surface area (Å²) in [6.07, 6.45) is 4.33. The Morgan fingerprint density at radius 2 is 2.00 bits per heavy atom. The molecule has 126 valence electrons. The van der Waals surface area contributed by atoms with Crippen LogP contribution in [0.5, 0.6) is 11.5 Å². The van der Waals surface area contributed by atoms with E-state index in [1.54, 1.807) is 24.4 Å². The molecule has 5 heteroatoms. The van der Waals surface area contributed by atoms with Gasteiger partial charge in [0.15, 0.2) is 11.6 Å². The Labute approximate surface area is 145 Å². The second-order valence-electron chi connectivity index (χ2n) is 6.12. The van der Waals surface area contributed by atoms with Crippen LogP contribution in [0.25, 0.3) is 0 Å². The molecule has 1 aliphatic rings. The van der Waals surface area contributed by atoms with Crippen LogP contribution in [-0.2, 0) is 13.0 Å². The molecule has 0 unspecified atom stereocenters. The number of aryl methyl sites for hydroxylation is 1. The van der Waals surface area contributed by atoms with Crippen LogP contribution in [0.4, 0.5) is 10.2 Å². The maximum Gasteiger partial charge on any atom is 0.165 e. The summed E-state index contributed by atoms with van der Waals surface area (Å²) in [5.41, 5.74) is 3.30. The van der Waals surface area contributed by atoms with Crippen molar-refractivity contribution < 1.29 is 9.13 Å². The van der Waals surface area contributed by atoms with Crippen molar-refractivity contribution in [1.29, 1.82) is 0 Å². The van der Waals surface area contributed by atoms with E-state index in [4.69, 9.17) is 4.74 Å². The smallest absolute Gasteiger partial charge is 0.165 e. The van der Waals surface area contributed by atoms with Crippen molar-refractivity contribution in [3.8, 4) is 11.5 Å². The Morgan fingerprint density at radius 3 is 2.84 bits per heavy atom. The van der Waals surface area contributed by atoms with Crippen molar-refractivity contribution in [2.45, 2.75) is 19.9 Å². The van der Waals surface area contributed by atoms with E-state index in [1.165, 1.54) is 6.07 Å². The van der Waals surface area contributed by atoms with Gasteiger partial charge >= 0.3 is 0 Å². The Morgan fingerprint density at radius 1 is 1.12 bits per heavy atom. The third kappa shape index (κ3) is 3.18. The van der Waals surface area contributed by atoms with Crippen LogP contribution in [0.1, 0.15) is 16.8 Å². The SMILES string of the molecule is Cc1cccnc1N1CCc2ncc(Oc3ccccc3F)cc2C1. The molecule has 2 aromatic heterocycles. The normalized spacial score (nSPS) is 13.4. The summed E-state index contributed by atoms with van der Waals surface area (Å²) in [7, 11) is 0. The first-order valence-corrected chi connectivity index (χ1v) is 8.27. The maximum atomic E-state index is 13.8. The van der Waals surface area contributed by atoms with Crippen LogP contribution in [0.2, 0.25) is 0 Å². The van der Waals surface area contributed by atoms with Gasteiger partial charge in [0.25, 0.3) is 0 Å². The number of fused-ring (bicyclic) bond motifs is 1. The number of aromatic nitrogens is 2. The van der Waals surface area contributed by atoms with Crippen molar-refractivity contribution in [1.82, 2.24) is 9.97 Å². The quantitative estimate of drug-likeness (QED) is 0.716. The zero-order valence-electron chi connectivity index (χ0n) is 13.9. The lowest BCUT2D eigenvalue weighted by molar-refractivity contribution is 0.439. The zero-order valence-corrected chi connectivity index (χ0v) is 13.9. The molecule has 0 saturated carbocycles. The molecule has 0 atom stereocenters. The molecule has 0 saturated heterocycles. The molecular formula is C20H18FN3O. The van der Waals surface area contributed by atoms with Crippen molar-refractivity contribution in [3.63, 3.8) is 0 Å². The molecule has 0 fully saturated rings. The van der Waals surface area contributed by atoms with Gasteiger partial charge in [0, 0.05) is 31.4 Å². The molecule has 0 radical (unpaired) electrons. The summed E-state index contributed by atoms with van der Waals surface area (Å²) in [5, 5.41) is 0. The fourth-order valence-electron chi connectivity index (χ4n) is 3.10. The number of para-hydroxylation sites is 1. The van der Waals surface area contributed by atoms with Crippen molar-refractivity contribution in [2.24, 2.45) is 0 Å². The third-order valence-electron chi connectivity index (χ3n) is 4.36. The van der Waals surface area contributed by atoms with Crippen molar-refractivity contribution in [2.75, 3.05) is 11.4 Å². The standard InChI is InChI=1S/C20H18FN3O/c1-14-5-4-9-22-20(14)24-10-8-18-15(13-24)11-16(12-23-18)25-19-7-3-2-6-17(19)21/h2-7,9,11-12H,8,10,13H2,1H3. The van der Waals surface area contributed by atoms with E-state index < -0.39 is 0 Å². The van der Waals surface area contributed by atoms with Gasteiger partial charge in [-0.3, -0.25) is 4.98 Å². The van der Waals surface area contributed by atoms with Crippen molar-refractivity contribution >= 4 is 5.82 Å². The van der Waals surface area contributed by atoms with E-state index >= 15 is 0 Å². The number of benzene rings is 1. The lowest BCUT2D eigenvalue weighted by atomic mass is 10.0. The molecule has 1 aliphatic heterocycles. The van der Waals surface area contributed by atoms with Gasteiger partial charge in [0.1, 0.15) is 11.6 Å². The molecule has 3 aromatic rings. The Hall–Kier alpha value is -2.95. The molecule has 4 rings (SSSR count). The van der Waals surface area contributed by atoms with Crippen LogP contribution in [0, 0.1) is 12.7 Å². The monoisotopic (exact) mass is 335 g/mol. The van der Waals surface area contributed by atoms with E-state index in [1.807, 2.05) is 18.3 Å². The molecule has 0 aliphatic carbocycles. The predicted octanol–water partition coefficient (Wildman–Crippen LogP) is 4.28. The highest BCUT2D eigenvalue weighted by molar-refractivity contribution is 5.49. The van der Waals surface area contributed by atoms with Gasteiger partial charge in [-0.1, -0.05) is 18.2 Å². The summed E-state index contributed by atoms with van der Waals surface area (Å²) in [6.45, 7) is 3.66. The highest BCUT2D eigenvalue weighted by Crippen LogP contribution is 2.29. The Kier molecular flexibility index (Phi) is 4.06. The number of nitrogens with zero attached hydrogens (tertiary/aromatic N) is 3. The fourth-order valence-corrected chi connectivity index (χ4v) is 3.10. The minimum Gasteiger partial charge on any atom is -0.453 e. The van der Waals surface area contributed by atoms with Gasteiger partial charge < -0.3 is 9.64 Å². The summed E-state index contributed by atoms with van der Waals surface area (Å²) in [6, 6.07) is 12.3. The lowest BCUT2D eigenvalue weighted by Gasteiger charge is -2.30. The molecule has 0 N–H and O–H groups in total. The Balaban J connectivity index is 1.59. The van der Waals surface area contributed by atoms with Crippen LogP contribution >= 0.6 is 0 Å². The van der Waals surface area contributed by atoms with Crippen LogP contribution in [0.15, 0.2) is 54.9 Å². The first-order valence-electron chi connectivity index (χ1n) is 8.27. The summed E-state index contributed by atoms with van der Waals surface area (Å²) < 4.78 is 19.4. The zero-order chi connectivity index (χ0) is 17.2. The summed E-state index contributed by atoms with van der Waals surface area (Å²) in [4.78, 5) is 11.2. The third-order valence-corrected chi connectivity index (χ3v) is 4.36. The highest BCUT2D eigenvalue weighted by Gasteiger charge is 2.20. The number of anilines is 1. The number of rotatable bonds is 3. The average molecular weight is 335 g/mol. The molecule has 0 spiro atoms. The largest absolute Gasteiger partial charge is 0.453 e. The van der Waals surface area contributed by atoms with Gasteiger partial charge in [0.2, 0.25) is 0 Å². The molecule has 4 nitrogen and oxygen atoms in total. The van der Waals surface area contributed by atoms with Gasteiger partial charge in [-0.25, -0.2) is 9.37 Å². The van der Waals surface area contributed by atoms with Crippen LogP contribution in [-0.4, -0.2) is 16.5 Å². The summed E-state index contributed by atoms with van der Waals surface area (Å²) >= 11 is 0. The number of hydrogen-bond acceptors (Lipinski definition) is 4.